The minimum absolute atomic E-state index is 0. The van der Waals surface area contributed by atoms with E-state index in [1.807, 2.05) is 30.3 Å². The Kier molecular flexibility index (Phi) is 4.77. The fourth-order valence-electron chi connectivity index (χ4n) is 1.01. The van der Waals surface area contributed by atoms with Crippen molar-refractivity contribution in [2.45, 2.75) is 19.9 Å². The first kappa shape index (κ1) is 11.6. The van der Waals surface area contributed by atoms with Crippen molar-refractivity contribution in [2.75, 3.05) is 0 Å². The smallest absolute Gasteiger partial charge is 0.305 e. The zero-order valence-corrected chi connectivity index (χ0v) is 6.60. The molecule has 0 fully saturated rings. The van der Waals surface area contributed by atoms with Crippen molar-refractivity contribution < 1.29 is 9.90 Å². The predicted molar refractivity (Wildman–Crippen MR) is 52.4 cm³/mol. The van der Waals surface area contributed by atoms with E-state index < -0.39 is 12.0 Å². The number of hydrogen-bond donors (Lipinski definition) is 2. The minimum Gasteiger partial charge on any atom is -0.481 e. The molecular formula is C10H15NO2. The molecule has 13 heavy (non-hydrogen) atoms. The molecule has 1 aromatic rings. The van der Waals surface area contributed by atoms with Crippen LogP contribution in [0.2, 0.25) is 0 Å². The molecule has 0 aliphatic carbocycles. The molecule has 3 nitrogen and oxygen atoms in total. The Morgan fingerprint density at radius 3 is 2.38 bits per heavy atom. The van der Waals surface area contributed by atoms with Gasteiger partial charge in [-0.3, -0.25) is 4.79 Å². The fraction of sp³-hybridized carbons (Fsp3) is 0.300. The van der Waals surface area contributed by atoms with Crippen LogP contribution in [0, 0.1) is 0 Å². The minimum atomic E-state index is -0.869. The molecular weight excluding hydrogens is 166 g/mol. The number of aliphatic carboxylic acids is 1. The van der Waals surface area contributed by atoms with E-state index in [0.29, 0.717) is 0 Å². The highest BCUT2D eigenvalue weighted by molar-refractivity contribution is 5.67. The molecule has 0 radical (unpaired) electrons. The van der Waals surface area contributed by atoms with Crippen LogP contribution in [0.1, 0.15) is 25.5 Å². The van der Waals surface area contributed by atoms with Gasteiger partial charge in [0.1, 0.15) is 0 Å². The molecule has 0 aromatic heterocycles. The van der Waals surface area contributed by atoms with Gasteiger partial charge in [-0.25, -0.2) is 0 Å². The lowest BCUT2D eigenvalue weighted by Crippen LogP contribution is -2.14. The van der Waals surface area contributed by atoms with Crippen molar-refractivity contribution in [2.24, 2.45) is 5.73 Å². The van der Waals surface area contributed by atoms with Crippen molar-refractivity contribution in [1.82, 2.24) is 0 Å². The average Bonchev–Trinajstić information content (AvgIpc) is 2.05. The van der Waals surface area contributed by atoms with Gasteiger partial charge >= 0.3 is 5.97 Å². The van der Waals surface area contributed by atoms with Crippen molar-refractivity contribution in [1.29, 1.82) is 0 Å². The zero-order valence-electron chi connectivity index (χ0n) is 6.60. The number of nitrogens with two attached hydrogens (primary N) is 1. The molecule has 0 saturated carbocycles. The second-order valence-electron chi connectivity index (χ2n) is 2.62. The Morgan fingerprint density at radius 1 is 1.38 bits per heavy atom. The van der Waals surface area contributed by atoms with E-state index in [9.17, 15) is 4.79 Å². The van der Waals surface area contributed by atoms with E-state index >= 15 is 0 Å². The molecule has 1 rings (SSSR count). The summed E-state index contributed by atoms with van der Waals surface area (Å²) in [6, 6.07) is 8.82. The van der Waals surface area contributed by atoms with Gasteiger partial charge in [0, 0.05) is 6.04 Å². The van der Waals surface area contributed by atoms with Gasteiger partial charge in [0.15, 0.2) is 0 Å². The molecule has 0 amide bonds. The summed E-state index contributed by atoms with van der Waals surface area (Å²) in [4.78, 5) is 10.3. The number of carbonyl (C=O) groups is 1. The van der Waals surface area contributed by atoms with Crippen LogP contribution in [0.4, 0.5) is 0 Å². The normalized spacial score (nSPS) is 11.5. The number of carboxylic acids is 1. The first-order chi connectivity index (χ1) is 5.70. The first-order valence-electron chi connectivity index (χ1n) is 3.72. The van der Waals surface area contributed by atoms with Crippen LogP contribution < -0.4 is 5.73 Å². The van der Waals surface area contributed by atoms with Crippen LogP contribution in [0.15, 0.2) is 30.3 Å². The summed E-state index contributed by atoms with van der Waals surface area (Å²) in [5.41, 5.74) is 6.48. The summed E-state index contributed by atoms with van der Waals surface area (Å²) in [5.74, 6) is -0.869. The Balaban J connectivity index is 0.00000144. The van der Waals surface area contributed by atoms with Gasteiger partial charge < -0.3 is 10.8 Å². The zero-order chi connectivity index (χ0) is 8.97. The Bertz CT molecular complexity index is 259. The maximum atomic E-state index is 10.3. The Labute approximate surface area is 78.2 Å². The second kappa shape index (κ2) is 5.32. The molecule has 3 N–H and O–H groups in total. The summed E-state index contributed by atoms with van der Waals surface area (Å²) in [5, 5.41) is 8.47. The third-order valence-corrected chi connectivity index (χ3v) is 1.62. The van der Waals surface area contributed by atoms with Gasteiger partial charge in [0.25, 0.3) is 0 Å². The molecule has 1 aromatic carbocycles. The van der Waals surface area contributed by atoms with E-state index in [-0.39, 0.29) is 13.8 Å². The van der Waals surface area contributed by atoms with Crippen LogP contribution in [0.3, 0.4) is 0 Å². The summed E-state index contributed by atoms with van der Waals surface area (Å²) in [6.45, 7) is 0. The quantitative estimate of drug-likeness (QED) is 0.747. The van der Waals surface area contributed by atoms with Crippen LogP contribution in [0.5, 0.6) is 0 Å². The van der Waals surface area contributed by atoms with E-state index in [0.717, 1.165) is 5.56 Å². The van der Waals surface area contributed by atoms with Gasteiger partial charge in [-0.05, 0) is 5.56 Å². The maximum absolute atomic E-state index is 10.3. The van der Waals surface area contributed by atoms with E-state index in [2.05, 4.69) is 0 Å². The van der Waals surface area contributed by atoms with E-state index in [1.165, 1.54) is 0 Å². The molecule has 0 aliphatic rings. The monoisotopic (exact) mass is 181 g/mol. The summed E-state index contributed by atoms with van der Waals surface area (Å²) < 4.78 is 0. The number of rotatable bonds is 3. The topological polar surface area (TPSA) is 63.3 Å². The standard InChI is InChI=1S/C9H11NO2.CH4/c10-8(6-9(11)12)7-4-2-1-3-5-7;/h1-5,8H,6,10H2,(H,11,12);1H4. The molecule has 0 saturated heterocycles. The number of carboxylic acid groups (broad SMARTS) is 1. The molecule has 3 heteroatoms. The highest BCUT2D eigenvalue weighted by Gasteiger charge is 2.08. The molecule has 1 atom stereocenters. The van der Waals surface area contributed by atoms with Gasteiger partial charge in [-0.2, -0.15) is 0 Å². The first-order valence-corrected chi connectivity index (χ1v) is 3.72. The molecule has 1 unspecified atom stereocenters. The van der Waals surface area contributed by atoms with Gasteiger partial charge in [0.2, 0.25) is 0 Å². The summed E-state index contributed by atoms with van der Waals surface area (Å²) in [7, 11) is 0. The maximum Gasteiger partial charge on any atom is 0.305 e. The largest absolute Gasteiger partial charge is 0.481 e. The highest BCUT2D eigenvalue weighted by Crippen LogP contribution is 2.12. The van der Waals surface area contributed by atoms with Gasteiger partial charge in [-0.1, -0.05) is 37.8 Å². The van der Waals surface area contributed by atoms with Crippen molar-refractivity contribution >= 4 is 5.97 Å². The highest BCUT2D eigenvalue weighted by atomic mass is 16.4. The van der Waals surface area contributed by atoms with Crippen LogP contribution in [-0.2, 0) is 4.79 Å². The molecule has 72 valence electrons. The Morgan fingerprint density at radius 2 is 1.92 bits per heavy atom. The van der Waals surface area contributed by atoms with E-state index in [4.69, 9.17) is 10.8 Å². The van der Waals surface area contributed by atoms with Crippen molar-refractivity contribution in [3.05, 3.63) is 35.9 Å². The fourth-order valence-corrected chi connectivity index (χ4v) is 1.01. The Hall–Kier alpha value is -1.35. The number of hydrogen-bond acceptors (Lipinski definition) is 2. The lowest BCUT2D eigenvalue weighted by Gasteiger charge is -2.07. The predicted octanol–water partition coefficient (Wildman–Crippen LogP) is 1.80. The lowest BCUT2D eigenvalue weighted by molar-refractivity contribution is -0.137. The van der Waals surface area contributed by atoms with Crippen molar-refractivity contribution in [3.63, 3.8) is 0 Å². The third kappa shape index (κ3) is 3.71. The van der Waals surface area contributed by atoms with Crippen molar-refractivity contribution in [3.8, 4) is 0 Å². The molecule has 0 heterocycles. The van der Waals surface area contributed by atoms with Crippen LogP contribution in [-0.4, -0.2) is 11.1 Å². The molecule has 0 aliphatic heterocycles. The lowest BCUT2D eigenvalue weighted by atomic mass is 10.1. The average molecular weight is 181 g/mol. The third-order valence-electron chi connectivity index (χ3n) is 1.62. The van der Waals surface area contributed by atoms with Crippen LogP contribution >= 0.6 is 0 Å². The SMILES string of the molecule is C.NC(CC(=O)O)c1ccccc1. The summed E-state index contributed by atoms with van der Waals surface area (Å²) in [6.07, 6.45) is -0.0238. The second-order valence-corrected chi connectivity index (χ2v) is 2.62. The summed E-state index contributed by atoms with van der Waals surface area (Å²) >= 11 is 0. The van der Waals surface area contributed by atoms with E-state index in [1.54, 1.807) is 0 Å². The molecule has 0 spiro atoms. The number of benzene rings is 1. The van der Waals surface area contributed by atoms with Crippen LogP contribution in [0.25, 0.3) is 0 Å². The molecule has 0 bridgehead atoms. The van der Waals surface area contributed by atoms with Gasteiger partial charge in [-0.15, -0.1) is 0 Å². The van der Waals surface area contributed by atoms with Gasteiger partial charge in [0.05, 0.1) is 6.42 Å².